The third-order valence-corrected chi connectivity index (χ3v) is 4.69. The van der Waals surface area contributed by atoms with Crippen LogP contribution in [-0.2, 0) is 9.84 Å². The summed E-state index contributed by atoms with van der Waals surface area (Å²) in [5.41, 5.74) is -0.101. The van der Waals surface area contributed by atoms with Gasteiger partial charge in [0.05, 0.1) is 4.92 Å². The first kappa shape index (κ1) is 15.7. The average molecular weight is 313 g/mol. The Morgan fingerprint density at radius 1 is 1.43 bits per heavy atom. The lowest BCUT2D eigenvalue weighted by atomic mass is 10.1. The van der Waals surface area contributed by atoms with Gasteiger partial charge in [0, 0.05) is 18.8 Å². The number of nitrogens with one attached hydrogen (secondary N) is 1. The van der Waals surface area contributed by atoms with Crippen molar-refractivity contribution in [3.05, 3.63) is 28.3 Å². The molecular weight excluding hydrogens is 294 g/mol. The minimum absolute atomic E-state index is 0.0808. The van der Waals surface area contributed by atoms with Crippen molar-refractivity contribution in [1.29, 1.82) is 0 Å². The van der Waals surface area contributed by atoms with Crippen molar-refractivity contribution < 1.29 is 13.3 Å². The van der Waals surface area contributed by atoms with Crippen molar-refractivity contribution in [3.8, 4) is 0 Å². The van der Waals surface area contributed by atoms with Gasteiger partial charge in [0.2, 0.25) is 0 Å². The third kappa shape index (κ3) is 3.70. The van der Waals surface area contributed by atoms with Crippen molar-refractivity contribution in [1.82, 2.24) is 4.90 Å². The summed E-state index contributed by atoms with van der Waals surface area (Å²) in [6.07, 6.45) is 2.89. The standard InChI is InChI=1S/C13H19N3O4S/c1-15-8-4-5-10(9-15)14-11-6-3-7-12(21(2,19)20)13(11)16(17)18/h3,6-7,10,14H,4-5,8-9H2,1-2H3. The van der Waals surface area contributed by atoms with Gasteiger partial charge < -0.3 is 10.2 Å². The fraction of sp³-hybridized carbons (Fsp3) is 0.538. The Hall–Kier alpha value is -1.67. The Kier molecular flexibility index (Phi) is 4.48. The molecule has 1 aliphatic heterocycles. The molecule has 0 spiro atoms. The molecule has 1 atom stereocenters. The van der Waals surface area contributed by atoms with Gasteiger partial charge in [-0.3, -0.25) is 10.1 Å². The lowest BCUT2D eigenvalue weighted by Crippen LogP contribution is -2.39. The third-order valence-electron chi connectivity index (χ3n) is 3.57. The second-order valence-corrected chi connectivity index (χ2v) is 7.41. The van der Waals surface area contributed by atoms with Crippen LogP contribution in [-0.4, -0.2) is 50.7 Å². The van der Waals surface area contributed by atoms with E-state index in [-0.39, 0.29) is 22.3 Å². The van der Waals surface area contributed by atoms with Crippen LogP contribution in [0.2, 0.25) is 0 Å². The molecular formula is C13H19N3O4S. The van der Waals surface area contributed by atoms with Gasteiger partial charge in [-0.2, -0.15) is 0 Å². The van der Waals surface area contributed by atoms with Gasteiger partial charge in [-0.15, -0.1) is 0 Å². The molecule has 7 nitrogen and oxygen atoms in total. The number of piperidine rings is 1. The molecule has 1 aromatic rings. The summed E-state index contributed by atoms with van der Waals surface area (Å²) in [6.45, 7) is 1.78. The molecule has 2 rings (SSSR count). The van der Waals surface area contributed by atoms with Crippen molar-refractivity contribution in [2.24, 2.45) is 0 Å². The number of anilines is 1. The van der Waals surface area contributed by atoms with Crippen molar-refractivity contribution in [2.45, 2.75) is 23.8 Å². The number of rotatable bonds is 4. The van der Waals surface area contributed by atoms with Crippen LogP contribution in [0.5, 0.6) is 0 Å². The topological polar surface area (TPSA) is 92.6 Å². The van der Waals surface area contributed by atoms with Crippen LogP contribution >= 0.6 is 0 Å². The van der Waals surface area contributed by atoms with Gasteiger partial charge in [-0.05, 0) is 38.6 Å². The van der Waals surface area contributed by atoms with E-state index in [0.29, 0.717) is 0 Å². The average Bonchev–Trinajstić information content (AvgIpc) is 2.37. The summed E-state index contributed by atoms with van der Waals surface area (Å²) in [7, 11) is -1.65. The summed E-state index contributed by atoms with van der Waals surface area (Å²) in [5.74, 6) is 0. The lowest BCUT2D eigenvalue weighted by Gasteiger charge is -2.30. The second kappa shape index (κ2) is 5.98. The predicted octanol–water partition coefficient (Wildman–Crippen LogP) is 1.50. The molecule has 0 saturated carbocycles. The maximum absolute atomic E-state index is 11.7. The fourth-order valence-corrected chi connectivity index (χ4v) is 3.49. The van der Waals surface area contributed by atoms with Crippen LogP contribution in [0.4, 0.5) is 11.4 Å². The van der Waals surface area contributed by atoms with Crippen LogP contribution in [0.15, 0.2) is 23.1 Å². The first-order valence-corrected chi connectivity index (χ1v) is 8.60. The zero-order valence-corrected chi connectivity index (χ0v) is 12.9. The first-order valence-electron chi connectivity index (χ1n) is 6.71. The second-order valence-electron chi connectivity index (χ2n) is 5.43. The summed E-state index contributed by atoms with van der Waals surface area (Å²) >= 11 is 0. The first-order chi connectivity index (χ1) is 9.79. The number of nitrogens with zero attached hydrogens (tertiary/aromatic N) is 2. The highest BCUT2D eigenvalue weighted by molar-refractivity contribution is 7.90. The number of nitro groups is 1. The number of sulfone groups is 1. The van der Waals surface area contributed by atoms with E-state index in [2.05, 4.69) is 10.2 Å². The molecule has 1 aliphatic rings. The van der Waals surface area contributed by atoms with Crippen molar-refractivity contribution in [2.75, 3.05) is 31.7 Å². The molecule has 1 aromatic carbocycles. The smallest absolute Gasteiger partial charge is 0.310 e. The molecule has 1 N–H and O–H groups in total. The van der Waals surface area contributed by atoms with Crippen molar-refractivity contribution >= 4 is 21.2 Å². The van der Waals surface area contributed by atoms with Crippen LogP contribution in [0.25, 0.3) is 0 Å². The number of nitro benzene ring substituents is 1. The highest BCUT2D eigenvalue weighted by Gasteiger charge is 2.28. The maximum atomic E-state index is 11.7. The fourth-order valence-electron chi connectivity index (χ4n) is 2.63. The largest absolute Gasteiger partial charge is 0.375 e. The molecule has 0 aliphatic carbocycles. The number of benzene rings is 1. The van der Waals surface area contributed by atoms with E-state index in [9.17, 15) is 18.5 Å². The summed E-state index contributed by atoms with van der Waals surface area (Å²) in [5, 5.41) is 14.4. The Bertz CT molecular complexity index is 645. The van der Waals surface area contributed by atoms with Crippen molar-refractivity contribution in [3.63, 3.8) is 0 Å². The Labute approximate surface area is 124 Å². The van der Waals surface area contributed by atoms with Crippen LogP contribution in [0.3, 0.4) is 0 Å². The quantitative estimate of drug-likeness (QED) is 0.669. The molecule has 1 unspecified atom stereocenters. The number of hydrogen-bond acceptors (Lipinski definition) is 6. The van der Waals surface area contributed by atoms with Gasteiger partial charge in [0.1, 0.15) is 10.6 Å². The molecule has 0 aromatic heterocycles. The highest BCUT2D eigenvalue weighted by atomic mass is 32.2. The molecule has 0 bridgehead atoms. The van der Waals surface area contributed by atoms with Gasteiger partial charge in [-0.25, -0.2) is 8.42 Å². The van der Waals surface area contributed by atoms with E-state index in [4.69, 9.17) is 0 Å². The SMILES string of the molecule is CN1CCCC(Nc2cccc(S(C)(=O)=O)c2[N+](=O)[O-])C1. The molecule has 1 fully saturated rings. The van der Waals surface area contributed by atoms with Gasteiger partial charge >= 0.3 is 5.69 Å². The van der Waals surface area contributed by atoms with E-state index in [1.54, 1.807) is 6.07 Å². The van der Waals surface area contributed by atoms with E-state index in [1.165, 1.54) is 12.1 Å². The summed E-state index contributed by atoms with van der Waals surface area (Å²) < 4.78 is 23.4. The van der Waals surface area contributed by atoms with Gasteiger partial charge in [-0.1, -0.05) is 6.07 Å². The van der Waals surface area contributed by atoms with E-state index in [1.807, 2.05) is 7.05 Å². The normalized spacial score (nSPS) is 20.2. The molecule has 1 heterocycles. The van der Waals surface area contributed by atoms with Crippen LogP contribution in [0, 0.1) is 10.1 Å². The zero-order valence-electron chi connectivity index (χ0n) is 12.1. The molecule has 0 radical (unpaired) electrons. The number of likely N-dealkylation sites (N-methyl/N-ethyl adjacent to an activating group) is 1. The minimum atomic E-state index is -3.64. The minimum Gasteiger partial charge on any atom is -0.375 e. The van der Waals surface area contributed by atoms with Crippen LogP contribution in [0.1, 0.15) is 12.8 Å². The van der Waals surface area contributed by atoms with Gasteiger partial charge in [0.25, 0.3) is 0 Å². The highest BCUT2D eigenvalue weighted by Crippen LogP contribution is 2.33. The van der Waals surface area contributed by atoms with E-state index >= 15 is 0 Å². The Morgan fingerprint density at radius 3 is 2.71 bits per heavy atom. The monoisotopic (exact) mass is 313 g/mol. The number of para-hydroxylation sites is 1. The van der Waals surface area contributed by atoms with Crippen LogP contribution < -0.4 is 5.32 Å². The Balaban J connectivity index is 2.37. The molecule has 8 heteroatoms. The zero-order chi connectivity index (χ0) is 15.6. The summed E-state index contributed by atoms with van der Waals surface area (Å²) in [4.78, 5) is 12.6. The Morgan fingerprint density at radius 2 is 2.14 bits per heavy atom. The van der Waals surface area contributed by atoms with Gasteiger partial charge in [0.15, 0.2) is 9.84 Å². The molecule has 0 amide bonds. The number of hydrogen-bond donors (Lipinski definition) is 1. The predicted molar refractivity (Wildman–Crippen MR) is 80.3 cm³/mol. The molecule has 1 saturated heterocycles. The lowest BCUT2D eigenvalue weighted by molar-refractivity contribution is -0.386. The summed E-state index contributed by atoms with van der Waals surface area (Å²) in [6, 6.07) is 4.43. The molecule has 116 valence electrons. The number of likely N-dealkylation sites (tertiary alicyclic amines) is 1. The van der Waals surface area contributed by atoms with E-state index < -0.39 is 14.8 Å². The van der Waals surface area contributed by atoms with E-state index in [0.717, 1.165) is 32.2 Å². The molecule has 21 heavy (non-hydrogen) atoms. The maximum Gasteiger partial charge on any atom is 0.310 e.